The Hall–Kier alpha value is -2.31. The Morgan fingerprint density at radius 2 is 1.87 bits per heavy atom. The maximum absolute atomic E-state index is 14.8. The third kappa shape index (κ3) is 5.05. The molecule has 2 aliphatic rings. The lowest BCUT2D eigenvalue weighted by molar-refractivity contribution is -0.117. The van der Waals surface area contributed by atoms with Crippen LogP contribution in [-0.4, -0.2) is 69.9 Å². The van der Waals surface area contributed by atoms with Gasteiger partial charge in [-0.2, -0.15) is 0 Å². The Morgan fingerprint density at radius 3 is 2.47 bits per heavy atom. The van der Waals surface area contributed by atoms with Crippen LogP contribution in [0.3, 0.4) is 0 Å². The number of rotatable bonds is 6. The lowest BCUT2D eigenvalue weighted by Gasteiger charge is -2.24. The molecule has 0 aromatic heterocycles. The minimum atomic E-state index is -3.60. The summed E-state index contributed by atoms with van der Waals surface area (Å²) in [5.41, 5.74) is -0.314. The molecule has 2 saturated heterocycles. The van der Waals surface area contributed by atoms with E-state index in [1.807, 2.05) is 0 Å². The van der Waals surface area contributed by atoms with Crippen molar-refractivity contribution in [2.24, 2.45) is 0 Å². The van der Waals surface area contributed by atoms with Gasteiger partial charge in [0.15, 0.2) is 11.6 Å². The highest BCUT2D eigenvalue weighted by molar-refractivity contribution is 7.88. The van der Waals surface area contributed by atoms with Crippen molar-refractivity contribution in [1.29, 1.82) is 0 Å². The second kappa shape index (κ2) is 8.82. The smallest absolute Gasteiger partial charge is 0.414 e. The summed E-state index contributed by atoms with van der Waals surface area (Å²) in [5.74, 6) is -1.82. The largest absolute Gasteiger partial charge is 0.444 e. The lowest BCUT2D eigenvalue weighted by atomic mass is 10.1. The number of nitrogens with zero attached hydrogens (tertiary/aromatic N) is 3. The van der Waals surface area contributed by atoms with Crippen LogP contribution in [0.2, 0.25) is 0 Å². The number of cyclic esters (lactones) is 1. The Balaban J connectivity index is 1.76. The second-order valence-corrected chi connectivity index (χ2v) is 9.10. The molecule has 0 saturated carbocycles. The second-order valence-electron chi connectivity index (χ2n) is 7.22. The molecule has 0 aliphatic carbocycles. The van der Waals surface area contributed by atoms with E-state index in [1.165, 1.54) is 11.8 Å². The van der Waals surface area contributed by atoms with Gasteiger partial charge >= 0.3 is 6.09 Å². The summed E-state index contributed by atoms with van der Waals surface area (Å²) in [6.07, 6.45) is 0.302. The number of Topliss-reactive ketones (excluding diaryl/α,β-unsaturated/α-hetero) is 1. The predicted octanol–water partition coefficient (Wildman–Crippen LogP) is 1.67. The summed E-state index contributed by atoms with van der Waals surface area (Å²) in [6.45, 7) is 1.48. The van der Waals surface area contributed by atoms with Gasteiger partial charge in [0.25, 0.3) is 0 Å². The molecule has 0 radical (unpaired) electrons. The Labute approximate surface area is 173 Å². The highest BCUT2D eigenvalue weighted by atomic mass is 32.2. The molecule has 2 fully saturated rings. The molecule has 2 aliphatic heterocycles. The number of carbonyl (C=O) groups excluding carboxylic acids is 2. The van der Waals surface area contributed by atoms with Crippen LogP contribution in [0, 0.1) is 11.6 Å². The van der Waals surface area contributed by atoms with Crippen LogP contribution in [0.4, 0.5) is 25.0 Å². The van der Waals surface area contributed by atoms with Crippen LogP contribution in [0.25, 0.3) is 0 Å². The van der Waals surface area contributed by atoms with Crippen molar-refractivity contribution in [3.8, 4) is 0 Å². The summed E-state index contributed by atoms with van der Waals surface area (Å²) in [4.78, 5) is 30.8. The van der Waals surface area contributed by atoms with Gasteiger partial charge in [0.05, 0.1) is 31.6 Å². The molecule has 30 heavy (non-hydrogen) atoms. The minimum Gasteiger partial charge on any atom is -0.444 e. The van der Waals surface area contributed by atoms with Crippen molar-refractivity contribution in [2.75, 3.05) is 48.8 Å². The number of hydrogen-bond acceptors (Lipinski definition) is 7. The van der Waals surface area contributed by atoms with E-state index < -0.39 is 33.9 Å². The number of ether oxygens (including phenoxy) is 1. The number of hydroxylamine groups is 1. The molecule has 166 valence electrons. The molecule has 1 amide bonds. The average Bonchev–Trinajstić information content (AvgIpc) is 2.84. The van der Waals surface area contributed by atoms with Crippen molar-refractivity contribution in [1.82, 2.24) is 4.47 Å². The monoisotopic (exact) mass is 447 g/mol. The first kappa shape index (κ1) is 22.4. The fourth-order valence-corrected chi connectivity index (χ4v) is 4.05. The van der Waals surface area contributed by atoms with Gasteiger partial charge in [-0.1, -0.05) is 4.47 Å². The van der Waals surface area contributed by atoms with Gasteiger partial charge in [0, 0.05) is 31.6 Å². The fraction of sp³-hybridized carbons (Fsp3) is 0.556. The van der Waals surface area contributed by atoms with Crippen LogP contribution in [0.1, 0.15) is 19.8 Å². The van der Waals surface area contributed by atoms with E-state index >= 15 is 0 Å². The van der Waals surface area contributed by atoms with Gasteiger partial charge in [-0.25, -0.2) is 22.0 Å². The van der Waals surface area contributed by atoms with Crippen molar-refractivity contribution < 1.29 is 36.4 Å². The maximum Gasteiger partial charge on any atom is 0.414 e. The standard InChI is InChI=1S/C18H23F2N3O6S/c1-12(24)3-4-14-11-22(18(25)29-14)13-9-15(19)17(16(20)10-13)21-5-6-23(28-8-7-21)30(2,26)27/h9-10,14H,3-8,11H2,1-2H3/t14-/m0/s1. The zero-order valence-electron chi connectivity index (χ0n) is 16.6. The number of carbonyl (C=O) groups is 2. The van der Waals surface area contributed by atoms with Gasteiger partial charge in [0.1, 0.15) is 17.6 Å². The summed E-state index contributed by atoms with van der Waals surface area (Å²) in [6, 6.07) is 2.07. The first-order chi connectivity index (χ1) is 14.1. The zero-order valence-corrected chi connectivity index (χ0v) is 17.5. The predicted molar refractivity (Wildman–Crippen MR) is 104 cm³/mol. The molecule has 1 atom stereocenters. The van der Waals surface area contributed by atoms with Crippen LogP contribution in [0.5, 0.6) is 0 Å². The molecule has 0 N–H and O–H groups in total. The van der Waals surface area contributed by atoms with Crippen molar-refractivity contribution in [3.63, 3.8) is 0 Å². The molecular weight excluding hydrogens is 424 g/mol. The van der Waals surface area contributed by atoms with Gasteiger partial charge in [-0.3, -0.25) is 9.74 Å². The van der Waals surface area contributed by atoms with Crippen LogP contribution >= 0.6 is 0 Å². The number of halogens is 2. The van der Waals surface area contributed by atoms with Gasteiger partial charge < -0.3 is 14.4 Å². The highest BCUT2D eigenvalue weighted by Gasteiger charge is 2.34. The first-order valence-corrected chi connectivity index (χ1v) is 11.2. The quantitative estimate of drug-likeness (QED) is 0.655. The molecule has 2 heterocycles. The van der Waals surface area contributed by atoms with Crippen molar-refractivity contribution in [3.05, 3.63) is 23.8 Å². The first-order valence-electron chi connectivity index (χ1n) is 9.38. The number of ketones is 1. The lowest BCUT2D eigenvalue weighted by Crippen LogP contribution is -2.34. The fourth-order valence-electron chi connectivity index (χ4n) is 3.37. The van der Waals surface area contributed by atoms with E-state index in [1.54, 1.807) is 0 Å². The summed E-state index contributed by atoms with van der Waals surface area (Å²) in [5, 5.41) is 0. The highest BCUT2D eigenvalue weighted by Crippen LogP contribution is 2.32. The van der Waals surface area contributed by atoms with Crippen LogP contribution in [0.15, 0.2) is 12.1 Å². The summed E-state index contributed by atoms with van der Waals surface area (Å²) >= 11 is 0. The third-order valence-corrected chi connectivity index (χ3v) is 5.87. The van der Waals surface area contributed by atoms with E-state index in [9.17, 15) is 26.8 Å². The van der Waals surface area contributed by atoms with E-state index in [4.69, 9.17) is 9.57 Å². The molecule has 3 rings (SSSR count). The van der Waals surface area contributed by atoms with Crippen molar-refractivity contribution in [2.45, 2.75) is 25.9 Å². The summed E-state index contributed by atoms with van der Waals surface area (Å²) in [7, 11) is -3.60. The Bertz CT molecular complexity index is 919. The van der Waals surface area contributed by atoms with Gasteiger partial charge in [0.2, 0.25) is 10.0 Å². The molecule has 12 heteroatoms. The SMILES string of the molecule is CC(=O)CC[C@H]1CN(c2cc(F)c(N3CCON(S(C)(=O)=O)CC3)c(F)c2)C(=O)O1. The molecule has 0 bridgehead atoms. The molecule has 0 spiro atoms. The maximum atomic E-state index is 14.8. The number of amides is 1. The minimum absolute atomic E-state index is 0.00732. The third-order valence-electron chi connectivity index (χ3n) is 4.84. The number of hydrogen-bond donors (Lipinski definition) is 0. The molecule has 9 nitrogen and oxygen atoms in total. The average molecular weight is 447 g/mol. The van der Waals surface area contributed by atoms with E-state index in [0.717, 1.165) is 27.8 Å². The normalized spacial score (nSPS) is 20.9. The Morgan fingerprint density at radius 1 is 1.20 bits per heavy atom. The van der Waals surface area contributed by atoms with Crippen molar-refractivity contribution >= 4 is 33.3 Å². The van der Waals surface area contributed by atoms with Gasteiger partial charge in [-0.15, -0.1) is 0 Å². The van der Waals surface area contributed by atoms with Crippen LogP contribution in [-0.2, 0) is 24.4 Å². The Kier molecular flexibility index (Phi) is 6.58. The number of benzene rings is 1. The van der Waals surface area contributed by atoms with E-state index in [-0.39, 0.29) is 56.4 Å². The van der Waals surface area contributed by atoms with E-state index in [0.29, 0.717) is 6.42 Å². The summed E-state index contributed by atoms with van der Waals surface area (Å²) < 4.78 is 58.8. The number of anilines is 2. The van der Waals surface area contributed by atoms with Crippen LogP contribution < -0.4 is 9.80 Å². The molecule has 1 aromatic rings. The topological polar surface area (TPSA) is 96.5 Å². The van der Waals surface area contributed by atoms with E-state index in [2.05, 4.69) is 0 Å². The molecule has 0 unspecified atom stereocenters. The molecule has 1 aromatic carbocycles. The number of sulfonamides is 1. The van der Waals surface area contributed by atoms with Gasteiger partial charge in [-0.05, 0) is 13.3 Å². The zero-order chi connectivity index (χ0) is 22.1. The molecular formula is C18H23F2N3O6S.